The van der Waals surface area contributed by atoms with Crippen LogP contribution in [0.2, 0.25) is 5.02 Å². The number of non-ortho nitro benzene ring substituents is 1. The molecule has 182 valence electrons. The number of anilines is 2. The number of piperazine rings is 1. The normalized spacial score (nSPS) is 15.1. The van der Waals surface area contributed by atoms with Gasteiger partial charge in [-0.3, -0.25) is 29.5 Å². The van der Waals surface area contributed by atoms with Crippen LogP contribution in [0.3, 0.4) is 0 Å². The second-order valence-corrected chi connectivity index (χ2v) is 8.02. The molecule has 3 rings (SSSR count). The maximum Gasteiger partial charge on any atom is 0.418 e. The lowest BCUT2D eigenvalue weighted by Crippen LogP contribution is -2.50. The van der Waals surface area contributed by atoms with E-state index in [-0.39, 0.29) is 41.1 Å². The van der Waals surface area contributed by atoms with Crippen LogP contribution in [0.1, 0.15) is 5.56 Å². The van der Waals surface area contributed by atoms with Crippen molar-refractivity contribution in [2.75, 3.05) is 49.9 Å². The summed E-state index contributed by atoms with van der Waals surface area (Å²) in [6, 6.07) is 8.51. The third kappa shape index (κ3) is 6.89. The van der Waals surface area contributed by atoms with Gasteiger partial charge in [-0.15, -0.1) is 0 Å². The zero-order valence-electron chi connectivity index (χ0n) is 17.8. The van der Waals surface area contributed by atoms with Gasteiger partial charge in [0.05, 0.1) is 40.0 Å². The highest BCUT2D eigenvalue weighted by Crippen LogP contribution is 2.34. The number of rotatable bonds is 7. The molecule has 0 unspecified atom stereocenters. The third-order valence-corrected chi connectivity index (χ3v) is 5.46. The number of alkyl halides is 3. The molecule has 34 heavy (non-hydrogen) atoms. The number of hydrogen-bond donors (Lipinski definition) is 2. The number of hydrogen-bond acceptors (Lipinski definition) is 6. The van der Waals surface area contributed by atoms with Crippen molar-refractivity contribution in [3.63, 3.8) is 0 Å². The van der Waals surface area contributed by atoms with Gasteiger partial charge in [-0.2, -0.15) is 13.2 Å². The number of amides is 2. The molecule has 9 nitrogen and oxygen atoms in total. The molecule has 0 aliphatic carbocycles. The van der Waals surface area contributed by atoms with E-state index in [9.17, 15) is 32.9 Å². The molecule has 0 atom stereocenters. The molecule has 1 saturated heterocycles. The van der Waals surface area contributed by atoms with Crippen molar-refractivity contribution in [1.29, 1.82) is 0 Å². The van der Waals surface area contributed by atoms with Crippen LogP contribution in [-0.2, 0) is 15.8 Å². The summed E-state index contributed by atoms with van der Waals surface area (Å²) < 4.78 is 39.2. The van der Waals surface area contributed by atoms with Crippen molar-refractivity contribution in [3.8, 4) is 0 Å². The van der Waals surface area contributed by atoms with Gasteiger partial charge < -0.3 is 10.6 Å². The molecule has 2 amide bonds. The number of nitro benzene ring substituents is 1. The fraction of sp³-hybridized carbons (Fsp3) is 0.333. The first-order valence-electron chi connectivity index (χ1n) is 10.2. The van der Waals surface area contributed by atoms with Crippen molar-refractivity contribution in [3.05, 3.63) is 63.2 Å². The lowest BCUT2D eigenvalue weighted by molar-refractivity contribution is -0.384. The lowest BCUT2D eigenvalue weighted by atomic mass is 10.1. The topological polar surface area (TPSA) is 108 Å². The van der Waals surface area contributed by atoms with E-state index in [1.54, 1.807) is 4.90 Å². The molecule has 13 heteroatoms. The van der Waals surface area contributed by atoms with Crippen molar-refractivity contribution >= 4 is 40.5 Å². The largest absolute Gasteiger partial charge is 0.418 e. The molecule has 1 fully saturated rings. The molecule has 0 aromatic heterocycles. The minimum atomic E-state index is -4.57. The Morgan fingerprint density at radius 3 is 1.97 bits per heavy atom. The van der Waals surface area contributed by atoms with Gasteiger partial charge in [0.25, 0.3) is 5.69 Å². The summed E-state index contributed by atoms with van der Waals surface area (Å²) in [5.41, 5.74) is -1.13. The Morgan fingerprint density at radius 2 is 1.47 bits per heavy atom. The van der Waals surface area contributed by atoms with Crippen LogP contribution in [0.5, 0.6) is 0 Å². The fourth-order valence-electron chi connectivity index (χ4n) is 3.45. The van der Waals surface area contributed by atoms with Crippen LogP contribution in [-0.4, -0.2) is 65.8 Å². The van der Waals surface area contributed by atoms with E-state index in [0.717, 1.165) is 12.1 Å². The van der Waals surface area contributed by atoms with Crippen molar-refractivity contribution in [1.82, 2.24) is 9.80 Å². The van der Waals surface area contributed by atoms with E-state index in [2.05, 4.69) is 10.6 Å². The highest BCUT2D eigenvalue weighted by molar-refractivity contribution is 6.34. The third-order valence-electron chi connectivity index (χ3n) is 5.14. The minimum Gasteiger partial charge on any atom is -0.324 e. The first-order chi connectivity index (χ1) is 16.0. The Morgan fingerprint density at radius 1 is 0.941 bits per heavy atom. The second-order valence-electron chi connectivity index (χ2n) is 7.61. The van der Waals surface area contributed by atoms with Gasteiger partial charge in [0.2, 0.25) is 11.8 Å². The van der Waals surface area contributed by atoms with E-state index < -0.39 is 22.6 Å². The van der Waals surface area contributed by atoms with Gasteiger partial charge in [0.15, 0.2) is 0 Å². The summed E-state index contributed by atoms with van der Waals surface area (Å²) in [7, 11) is 0. The van der Waals surface area contributed by atoms with Crippen molar-refractivity contribution in [2.24, 2.45) is 0 Å². The minimum absolute atomic E-state index is 0.0467. The molecule has 1 heterocycles. The smallest absolute Gasteiger partial charge is 0.324 e. The van der Waals surface area contributed by atoms with Crippen LogP contribution in [0.15, 0.2) is 42.5 Å². The van der Waals surface area contributed by atoms with Gasteiger partial charge in [0, 0.05) is 38.3 Å². The van der Waals surface area contributed by atoms with Gasteiger partial charge in [-0.25, -0.2) is 0 Å². The Bertz CT molecular complexity index is 1070. The molecular weight excluding hydrogens is 479 g/mol. The molecule has 2 N–H and O–H groups in total. The van der Waals surface area contributed by atoms with Crippen LogP contribution in [0.4, 0.5) is 30.2 Å². The Balaban J connectivity index is 1.45. The van der Waals surface area contributed by atoms with Gasteiger partial charge >= 0.3 is 6.18 Å². The Kier molecular flexibility index (Phi) is 8.07. The molecule has 0 radical (unpaired) electrons. The van der Waals surface area contributed by atoms with Crippen molar-refractivity contribution < 1.29 is 27.7 Å². The summed E-state index contributed by atoms with van der Waals surface area (Å²) in [6.45, 7) is 1.79. The fourth-order valence-corrected chi connectivity index (χ4v) is 3.67. The second kappa shape index (κ2) is 10.8. The quantitative estimate of drug-likeness (QED) is 0.446. The van der Waals surface area contributed by atoms with E-state index in [1.807, 2.05) is 4.90 Å². The predicted molar refractivity (Wildman–Crippen MR) is 120 cm³/mol. The molecule has 2 aromatic rings. The molecule has 1 aliphatic heterocycles. The molecule has 1 aliphatic rings. The highest BCUT2D eigenvalue weighted by atomic mass is 35.5. The zero-order valence-corrected chi connectivity index (χ0v) is 18.5. The standard InChI is InChI=1S/C21H21ClF3N5O4/c22-16-11-14(30(33)34)5-6-18(16)27-20(32)13-29-9-7-28(8-10-29)12-19(31)26-17-4-2-1-3-15(17)21(23,24)25/h1-6,11H,7-10,12-13H2,(H,26,31)(H,27,32). The van der Waals surface area contributed by atoms with E-state index in [4.69, 9.17) is 11.6 Å². The maximum atomic E-state index is 13.1. The summed E-state index contributed by atoms with van der Waals surface area (Å²) >= 11 is 5.98. The highest BCUT2D eigenvalue weighted by Gasteiger charge is 2.33. The van der Waals surface area contributed by atoms with Crippen LogP contribution in [0.25, 0.3) is 0 Å². The first-order valence-corrected chi connectivity index (χ1v) is 10.6. The number of nitro groups is 1. The van der Waals surface area contributed by atoms with E-state index >= 15 is 0 Å². The maximum absolute atomic E-state index is 13.1. The first kappa shape index (κ1) is 25.4. The molecule has 0 saturated carbocycles. The number of carbonyl (C=O) groups is 2. The molecular formula is C21H21ClF3N5O4. The van der Waals surface area contributed by atoms with Gasteiger partial charge in [0.1, 0.15) is 0 Å². The van der Waals surface area contributed by atoms with E-state index in [1.165, 1.54) is 30.3 Å². The Hall–Kier alpha value is -3.22. The lowest BCUT2D eigenvalue weighted by Gasteiger charge is -2.33. The van der Waals surface area contributed by atoms with Crippen molar-refractivity contribution in [2.45, 2.75) is 6.18 Å². The summed E-state index contributed by atoms with van der Waals surface area (Å²) in [5.74, 6) is -0.915. The van der Waals surface area contributed by atoms with Crippen LogP contribution in [0, 0.1) is 10.1 Å². The molecule has 0 spiro atoms. The van der Waals surface area contributed by atoms with E-state index in [0.29, 0.717) is 26.2 Å². The number of nitrogens with zero attached hydrogens (tertiary/aromatic N) is 3. The van der Waals surface area contributed by atoms with Gasteiger partial charge in [-0.05, 0) is 18.2 Å². The van der Waals surface area contributed by atoms with Crippen LogP contribution < -0.4 is 10.6 Å². The zero-order chi connectivity index (χ0) is 24.9. The number of benzene rings is 2. The number of para-hydroxylation sites is 1. The summed E-state index contributed by atoms with van der Waals surface area (Å²) in [4.78, 5) is 38.4. The van der Waals surface area contributed by atoms with Gasteiger partial charge in [-0.1, -0.05) is 23.7 Å². The molecule has 2 aromatic carbocycles. The monoisotopic (exact) mass is 499 g/mol. The average molecular weight is 500 g/mol. The summed E-state index contributed by atoms with van der Waals surface area (Å²) in [5, 5.41) is 15.7. The molecule has 0 bridgehead atoms. The summed E-state index contributed by atoms with van der Waals surface area (Å²) in [6.07, 6.45) is -4.57. The number of nitrogens with one attached hydrogen (secondary N) is 2. The number of halogens is 4. The average Bonchev–Trinajstić information content (AvgIpc) is 2.76. The predicted octanol–water partition coefficient (Wildman–Crippen LogP) is 3.46. The van der Waals surface area contributed by atoms with Crippen LogP contribution >= 0.6 is 11.6 Å². The Labute approximate surface area is 197 Å². The number of carbonyl (C=O) groups excluding carboxylic acids is 2. The SMILES string of the molecule is O=C(CN1CCN(CC(=O)Nc2ccccc2C(F)(F)F)CC1)Nc1ccc([N+](=O)[O-])cc1Cl.